The molecule has 5 heteroatoms. The van der Waals surface area contributed by atoms with Gasteiger partial charge < -0.3 is 8.94 Å². The Labute approximate surface area is 185 Å². The van der Waals surface area contributed by atoms with E-state index in [1.807, 2.05) is 32.0 Å². The molecule has 3 rings (SSSR count). The summed E-state index contributed by atoms with van der Waals surface area (Å²) in [6.45, 7) is 16.7. The summed E-state index contributed by atoms with van der Waals surface area (Å²) >= 11 is 0. The van der Waals surface area contributed by atoms with Gasteiger partial charge in [0.25, 0.3) is 0 Å². The molecule has 0 aliphatic heterocycles. The Kier molecular flexibility index (Phi) is 17.6. The Morgan fingerprint density at radius 2 is 1.40 bits per heavy atom. The van der Waals surface area contributed by atoms with Gasteiger partial charge in [-0.2, -0.15) is 10.2 Å². The van der Waals surface area contributed by atoms with E-state index in [-0.39, 0.29) is 22.3 Å². The third-order valence-electron chi connectivity index (χ3n) is 4.11. The summed E-state index contributed by atoms with van der Waals surface area (Å²) in [6, 6.07) is 5.92. The van der Waals surface area contributed by atoms with E-state index in [0.717, 1.165) is 17.1 Å². The van der Waals surface area contributed by atoms with Gasteiger partial charge in [-0.1, -0.05) is 69.0 Å². The monoisotopic (exact) mass is 419 g/mol. The van der Waals surface area contributed by atoms with Crippen LogP contribution >= 0.6 is 0 Å². The average Bonchev–Trinajstić information content (AvgIpc) is 3.25. The van der Waals surface area contributed by atoms with Gasteiger partial charge in [-0.3, -0.25) is 0 Å². The molecule has 0 saturated carbocycles. The molecule has 30 heavy (non-hydrogen) atoms. The van der Waals surface area contributed by atoms with Crippen LogP contribution in [0.15, 0.2) is 45.9 Å². The molecule has 3 aromatic rings. The van der Waals surface area contributed by atoms with E-state index < -0.39 is 0 Å². The fraction of sp³-hybridized carbons (Fsp3) is 0.560. The predicted octanol–water partition coefficient (Wildman–Crippen LogP) is 8.33. The van der Waals surface area contributed by atoms with Crippen molar-refractivity contribution in [3.8, 4) is 0 Å². The van der Waals surface area contributed by atoms with E-state index in [2.05, 4.69) is 56.9 Å². The molecule has 0 bridgehead atoms. The van der Waals surface area contributed by atoms with Crippen LogP contribution in [0.1, 0.15) is 110 Å². The molecule has 0 aromatic carbocycles. The number of aromatic nitrogens is 3. The van der Waals surface area contributed by atoms with Crippen molar-refractivity contribution >= 4 is 0 Å². The maximum atomic E-state index is 5.13. The first-order valence-corrected chi connectivity index (χ1v) is 9.46. The van der Waals surface area contributed by atoms with Gasteiger partial charge in [-0.15, -0.1) is 0 Å². The zero-order valence-corrected chi connectivity index (χ0v) is 17.9. The molecular formula is C25H45N3O2. The standard InChI is InChI=1S/C8H12O.C7H10N2.C7H11NO.3CH4/c1-6(2)8-4-5-9-7(8)3;1-6(2)7-4-3-5-8-9-7;1-5(2)7-4-9-8-6(7)3;;;/h4-6H,1-3H3;3-6H,1-2H3;4-5H,1-3H3;3*1H4. The first kappa shape index (κ1) is 32.2. The van der Waals surface area contributed by atoms with Gasteiger partial charge in [0.2, 0.25) is 0 Å². The summed E-state index contributed by atoms with van der Waals surface area (Å²) in [4.78, 5) is 0. The first-order valence-electron chi connectivity index (χ1n) is 9.46. The largest absolute Gasteiger partial charge is 0.469 e. The summed E-state index contributed by atoms with van der Waals surface area (Å²) in [5.41, 5.74) is 4.58. The van der Waals surface area contributed by atoms with E-state index >= 15 is 0 Å². The van der Waals surface area contributed by atoms with Crippen molar-refractivity contribution in [2.45, 2.75) is 95.4 Å². The van der Waals surface area contributed by atoms with Crippen LogP contribution in [0.2, 0.25) is 0 Å². The molecule has 5 nitrogen and oxygen atoms in total. The number of rotatable bonds is 3. The van der Waals surface area contributed by atoms with E-state index in [1.54, 1.807) is 18.7 Å². The van der Waals surface area contributed by atoms with Gasteiger partial charge in [0, 0.05) is 11.8 Å². The molecule has 0 unspecified atom stereocenters. The van der Waals surface area contributed by atoms with Gasteiger partial charge in [0.1, 0.15) is 12.0 Å². The third kappa shape index (κ3) is 10.9. The zero-order valence-electron chi connectivity index (χ0n) is 17.9. The second kappa shape index (κ2) is 16.4. The van der Waals surface area contributed by atoms with Crippen molar-refractivity contribution in [3.05, 3.63) is 65.2 Å². The molecular weight excluding hydrogens is 374 g/mol. The molecule has 0 fully saturated rings. The highest BCUT2D eigenvalue weighted by molar-refractivity contribution is 5.19. The molecule has 0 radical (unpaired) electrons. The molecule has 0 amide bonds. The summed E-state index contributed by atoms with van der Waals surface area (Å²) < 4.78 is 9.88. The minimum atomic E-state index is 0. The Morgan fingerprint density at radius 3 is 1.63 bits per heavy atom. The lowest BCUT2D eigenvalue weighted by Crippen LogP contribution is -1.92. The third-order valence-corrected chi connectivity index (χ3v) is 4.11. The van der Waals surface area contributed by atoms with E-state index in [0.29, 0.717) is 17.8 Å². The Bertz CT molecular complexity index is 715. The molecule has 0 atom stereocenters. The lowest BCUT2D eigenvalue weighted by atomic mass is 10.1. The van der Waals surface area contributed by atoms with Crippen molar-refractivity contribution < 1.29 is 8.94 Å². The van der Waals surface area contributed by atoms with Crippen LogP contribution in [0.4, 0.5) is 0 Å². The van der Waals surface area contributed by atoms with E-state index in [9.17, 15) is 0 Å². The van der Waals surface area contributed by atoms with Gasteiger partial charge in [0.15, 0.2) is 0 Å². The number of hydrogen-bond acceptors (Lipinski definition) is 5. The van der Waals surface area contributed by atoms with Crippen molar-refractivity contribution in [1.29, 1.82) is 0 Å². The highest BCUT2D eigenvalue weighted by Crippen LogP contribution is 2.18. The molecule has 0 aliphatic rings. The normalized spacial score (nSPS) is 9.43. The topological polar surface area (TPSA) is 65.0 Å². The maximum absolute atomic E-state index is 5.13. The molecule has 0 aliphatic carbocycles. The Hall–Kier alpha value is -2.43. The van der Waals surface area contributed by atoms with Crippen LogP contribution in [-0.4, -0.2) is 15.4 Å². The van der Waals surface area contributed by atoms with Crippen LogP contribution in [0.25, 0.3) is 0 Å². The fourth-order valence-electron chi connectivity index (χ4n) is 2.47. The highest BCUT2D eigenvalue weighted by atomic mass is 16.5. The molecule has 0 spiro atoms. The molecule has 0 saturated heterocycles. The SMILES string of the molecule is C.C.C.CC(C)c1cccnn1.Cc1nocc1C(C)C.Cc1occc1C(C)C. The minimum Gasteiger partial charge on any atom is -0.469 e. The summed E-state index contributed by atoms with van der Waals surface area (Å²) in [5, 5.41) is 11.4. The molecule has 0 N–H and O–H groups in total. The fourth-order valence-corrected chi connectivity index (χ4v) is 2.47. The molecule has 3 heterocycles. The minimum absolute atomic E-state index is 0. The zero-order chi connectivity index (χ0) is 20.4. The number of aryl methyl sites for hydroxylation is 2. The average molecular weight is 420 g/mol. The van der Waals surface area contributed by atoms with E-state index in [4.69, 9.17) is 8.94 Å². The van der Waals surface area contributed by atoms with Gasteiger partial charge >= 0.3 is 0 Å². The van der Waals surface area contributed by atoms with Crippen molar-refractivity contribution in [2.75, 3.05) is 0 Å². The number of nitrogens with zero attached hydrogens (tertiary/aromatic N) is 3. The maximum Gasteiger partial charge on any atom is 0.127 e. The summed E-state index contributed by atoms with van der Waals surface area (Å²) in [7, 11) is 0. The Morgan fingerprint density at radius 1 is 0.800 bits per heavy atom. The summed E-state index contributed by atoms with van der Waals surface area (Å²) in [5.74, 6) is 2.64. The Balaban J connectivity index is -0.000000347. The molecule has 172 valence electrons. The van der Waals surface area contributed by atoms with Crippen LogP contribution in [0.3, 0.4) is 0 Å². The van der Waals surface area contributed by atoms with Gasteiger partial charge in [-0.05, 0) is 55.4 Å². The first-order chi connectivity index (χ1) is 12.7. The van der Waals surface area contributed by atoms with Crippen LogP contribution in [-0.2, 0) is 0 Å². The second-order valence-corrected chi connectivity index (χ2v) is 7.40. The predicted molar refractivity (Wildman–Crippen MR) is 129 cm³/mol. The van der Waals surface area contributed by atoms with Crippen molar-refractivity contribution in [3.63, 3.8) is 0 Å². The van der Waals surface area contributed by atoms with Gasteiger partial charge in [0.05, 0.1) is 17.7 Å². The lowest BCUT2D eigenvalue weighted by Gasteiger charge is -1.99. The second-order valence-electron chi connectivity index (χ2n) is 7.40. The lowest BCUT2D eigenvalue weighted by molar-refractivity contribution is 0.414. The number of furan rings is 1. The highest BCUT2D eigenvalue weighted by Gasteiger charge is 2.05. The van der Waals surface area contributed by atoms with E-state index in [1.165, 1.54) is 11.1 Å². The van der Waals surface area contributed by atoms with Crippen LogP contribution in [0, 0.1) is 13.8 Å². The van der Waals surface area contributed by atoms with Crippen LogP contribution < -0.4 is 0 Å². The van der Waals surface area contributed by atoms with Crippen molar-refractivity contribution in [2.24, 2.45) is 0 Å². The smallest absolute Gasteiger partial charge is 0.127 e. The van der Waals surface area contributed by atoms with Gasteiger partial charge in [-0.25, -0.2) is 0 Å². The molecule has 3 aromatic heterocycles. The summed E-state index contributed by atoms with van der Waals surface area (Å²) in [6.07, 6.45) is 5.14. The quantitative estimate of drug-likeness (QED) is 0.427. The van der Waals surface area contributed by atoms with Crippen LogP contribution in [0.5, 0.6) is 0 Å². The number of hydrogen-bond donors (Lipinski definition) is 0. The van der Waals surface area contributed by atoms with Crippen molar-refractivity contribution in [1.82, 2.24) is 15.4 Å².